The van der Waals surface area contributed by atoms with Crippen LogP contribution in [0, 0.1) is 0 Å². The molecule has 13 heavy (non-hydrogen) atoms. The van der Waals surface area contributed by atoms with E-state index < -0.39 is 0 Å². The lowest BCUT2D eigenvalue weighted by atomic mass is 10.2. The second-order valence-electron chi connectivity index (χ2n) is 3.04. The van der Waals surface area contributed by atoms with Gasteiger partial charge in [0.05, 0.1) is 12.6 Å². The zero-order chi connectivity index (χ0) is 9.26. The van der Waals surface area contributed by atoms with Crippen LogP contribution in [0.15, 0.2) is 12.4 Å². The fourth-order valence-corrected chi connectivity index (χ4v) is 1.70. The Morgan fingerprint density at radius 3 is 3.23 bits per heavy atom. The minimum Gasteiger partial charge on any atom is -0.387 e. The van der Waals surface area contributed by atoms with Crippen molar-refractivity contribution in [3.05, 3.63) is 18.2 Å². The Hall–Kier alpha value is -0.940. The largest absolute Gasteiger partial charge is 0.387 e. The van der Waals surface area contributed by atoms with E-state index in [-0.39, 0.29) is 0 Å². The summed E-state index contributed by atoms with van der Waals surface area (Å²) in [6.45, 7) is 1.53. The highest BCUT2D eigenvalue weighted by Gasteiger charge is 2.20. The summed E-state index contributed by atoms with van der Waals surface area (Å²) in [7, 11) is 0. The number of nitrogens with two attached hydrogens (primary N) is 1. The van der Waals surface area contributed by atoms with E-state index in [1.165, 1.54) is 0 Å². The van der Waals surface area contributed by atoms with Crippen molar-refractivity contribution in [2.75, 3.05) is 13.2 Å². The number of rotatable bonds is 2. The number of hydrogen-bond donors (Lipinski definition) is 1. The van der Waals surface area contributed by atoms with Crippen molar-refractivity contribution in [2.45, 2.75) is 12.5 Å². The van der Waals surface area contributed by atoms with E-state index in [9.17, 15) is 0 Å². The van der Waals surface area contributed by atoms with E-state index >= 15 is 0 Å². The van der Waals surface area contributed by atoms with Gasteiger partial charge in [-0.1, -0.05) is 12.2 Å². The average Bonchev–Trinajstić information content (AvgIpc) is 2.74. The van der Waals surface area contributed by atoms with Crippen LogP contribution in [0.1, 0.15) is 18.3 Å². The predicted molar refractivity (Wildman–Crippen MR) is 52.6 cm³/mol. The second-order valence-corrected chi connectivity index (χ2v) is 3.48. The number of aromatic nitrogens is 2. The maximum Gasteiger partial charge on any atom is 0.167 e. The normalized spacial score (nSPS) is 22.0. The molecule has 2 heterocycles. The SMILES string of the molecule is NC(=S)c1nccn1C1CCOC1. The predicted octanol–water partition coefficient (Wildman–Crippen LogP) is 0.479. The molecule has 1 aromatic heterocycles. The molecule has 0 radical (unpaired) electrons. The fraction of sp³-hybridized carbons (Fsp3) is 0.500. The standard InChI is InChI=1S/C8H11N3OS/c9-7(13)8-10-2-3-11(8)6-1-4-12-5-6/h2-3,6H,1,4-5H2,(H2,9,13). The van der Waals surface area contributed by atoms with E-state index in [1.54, 1.807) is 6.20 Å². The van der Waals surface area contributed by atoms with Gasteiger partial charge in [-0.25, -0.2) is 4.98 Å². The van der Waals surface area contributed by atoms with Gasteiger partial charge in [0.15, 0.2) is 5.82 Å². The molecule has 1 aliphatic rings. The first-order valence-corrected chi connectivity index (χ1v) is 4.60. The van der Waals surface area contributed by atoms with Gasteiger partial charge < -0.3 is 15.0 Å². The zero-order valence-corrected chi connectivity index (χ0v) is 7.96. The van der Waals surface area contributed by atoms with E-state index in [2.05, 4.69) is 4.98 Å². The van der Waals surface area contributed by atoms with Gasteiger partial charge in [-0.2, -0.15) is 0 Å². The molecule has 2 rings (SSSR count). The molecule has 1 atom stereocenters. The molecule has 5 heteroatoms. The van der Waals surface area contributed by atoms with Gasteiger partial charge in [0, 0.05) is 19.0 Å². The van der Waals surface area contributed by atoms with Gasteiger partial charge in [0.25, 0.3) is 0 Å². The summed E-state index contributed by atoms with van der Waals surface area (Å²) in [4.78, 5) is 4.45. The molecule has 0 amide bonds. The van der Waals surface area contributed by atoms with Crippen LogP contribution in [0.3, 0.4) is 0 Å². The molecule has 0 spiro atoms. The van der Waals surface area contributed by atoms with Crippen molar-refractivity contribution >= 4 is 17.2 Å². The van der Waals surface area contributed by atoms with Crippen LogP contribution in [0.5, 0.6) is 0 Å². The molecule has 0 aromatic carbocycles. The Bertz CT molecular complexity index is 317. The van der Waals surface area contributed by atoms with E-state index in [1.807, 2.05) is 10.8 Å². The van der Waals surface area contributed by atoms with Crippen LogP contribution in [0.2, 0.25) is 0 Å². The summed E-state index contributed by atoms with van der Waals surface area (Å²) in [5.74, 6) is 0.686. The smallest absolute Gasteiger partial charge is 0.167 e. The molecule has 70 valence electrons. The summed E-state index contributed by atoms with van der Waals surface area (Å²) in [5.41, 5.74) is 5.53. The highest BCUT2D eigenvalue weighted by Crippen LogP contribution is 2.19. The van der Waals surface area contributed by atoms with Crippen LogP contribution in [0.25, 0.3) is 0 Å². The maximum atomic E-state index is 5.53. The lowest BCUT2D eigenvalue weighted by molar-refractivity contribution is 0.186. The first-order valence-electron chi connectivity index (χ1n) is 4.19. The van der Waals surface area contributed by atoms with Gasteiger partial charge in [0.1, 0.15) is 4.99 Å². The third kappa shape index (κ3) is 1.57. The Labute approximate surface area is 81.7 Å². The molecule has 4 nitrogen and oxygen atoms in total. The average molecular weight is 197 g/mol. The zero-order valence-electron chi connectivity index (χ0n) is 7.14. The van der Waals surface area contributed by atoms with E-state index in [4.69, 9.17) is 22.7 Å². The summed E-state index contributed by atoms with van der Waals surface area (Å²) < 4.78 is 7.28. The van der Waals surface area contributed by atoms with Crippen molar-refractivity contribution in [1.82, 2.24) is 9.55 Å². The molecule has 0 bridgehead atoms. The molecule has 0 aliphatic carbocycles. The van der Waals surface area contributed by atoms with Gasteiger partial charge in [0.2, 0.25) is 0 Å². The Balaban J connectivity index is 2.28. The van der Waals surface area contributed by atoms with Crippen LogP contribution < -0.4 is 5.73 Å². The minimum absolute atomic E-state index is 0.344. The van der Waals surface area contributed by atoms with Crippen molar-refractivity contribution in [1.29, 1.82) is 0 Å². The number of ether oxygens (including phenoxy) is 1. The van der Waals surface area contributed by atoms with E-state index in [0.717, 1.165) is 19.6 Å². The first-order chi connectivity index (χ1) is 6.29. The Morgan fingerprint density at radius 2 is 2.62 bits per heavy atom. The number of hydrogen-bond acceptors (Lipinski definition) is 3. The molecule has 2 N–H and O–H groups in total. The summed E-state index contributed by atoms with van der Waals surface area (Å²) in [5, 5.41) is 0. The van der Waals surface area contributed by atoms with Crippen LogP contribution in [-0.2, 0) is 4.74 Å². The summed E-state index contributed by atoms with van der Waals surface area (Å²) in [6, 6.07) is 0.346. The molecule has 1 unspecified atom stereocenters. The molecule has 1 aliphatic heterocycles. The lowest BCUT2D eigenvalue weighted by Crippen LogP contribution is -2.20. The quantitative estimate of drug-likeness (QED) is 0.701. The monoisotopic (exact) mass is 197 g/mol. The highest BCUT2D eigenvalue weighted by molar-refractivity contribution is 7.80. The highest BCUT2D eigenvalue weighted by atomic mass is 32.1. The molecule has 1 saturated heterocycles. The summed E-state index contributed by atoms with van der Waals surface area (Å²) in [6.07, 6.45) is 4.62. The molecular formula is C8H11N3OS. The van der Waals surface area contributed by atoms with Gasteiger partial charge in [-0.05, 0) is 6.42 Å². The minimum atomic E-state index is 0.344. The van der Waals surface area contributed by atoms with Crippen molar-refractivity contribution in [2.24, 2.45) is 5.73 Å². The third-order valence-electron chi connectivity index (χ3n) is 2.19. The molecule has 1 aromatic rings. The van der Waals surface area contributed by atoms with Gasteiger partial charge in [-0.3, -0.25) is 0 Å². The van der Waals surface area contributed by atoms with E-state index in [0.29, 0.717) is 16.9 Å². The number of thiocarbonyl (C=S) groups is 1. The molecule has 0 saturated carbocycles. The van der Waals surface area contributed by atoms with Crippen molar-refractivity contribution in [3.63, 3.8) is 0 Å². The third-order valence-corrected chi connectivity index (χ3v) is 2.37. The lowest BCUT2D eigenvalue weighted by Gasteiger charge is -2.12. The van der Waals surface area contributed by atoms with Crippen molar-refractivity contribution < 1.29 is 4.74 Å². The molecule has 1 fully saturated rings. The van der Waals surface area contributed by atoms with Crippen LogP contribution in [-0.4, -0.2) is 27.8 Å². The molecular weight excluding hydrogens is 186 g/mol. The summed E-state index contributed by atoms with van der Waals surface area (Å²) >= 11 is 4.89. The Kier molecular flexibility index (Phi) is 2.28. The second kappa shape index (κ2) is 3.43. The fourth-order valence-electron chi connectivity index (χ4n) is 1.54. The van der Waals surface area contributed by atoms with Crippen molar-refractivity contribution in [3.8, 4) is 0 Å². The number of nitrogens with zero attached hydrogens (tertiary/aromatic N) is 2. The van der Waals surface area contributed by atoms with Crippen LogP contribution in [0.4, 0.5) is 0 Å². The van der Waals surface area contributed by atoms with Gasteiger partial charge >= 0.3 is 0 Å². The topological polar surface area (TPSA) is 53.1 Å². The van der Waals surface area contributed by atoms with Crippen LogP contribution >= 0.6 is 12.2 Å². The Morgan fingerprint density at radius 1 is 1.77 bits per heavy atom. The number of imidazole rings is 1. The van der Waals surface area contributed by atoms with Gasteiger partial charge in [-0.15, -0.1) is 0 Å². The first kappa shape index (κ1) is 8.65. The maximum absolute atomic E-state index is 5.53.